The standard InChI is InChI=1S/C53H68FN5O9Si/c1-6-66-40-16-19-45-36(28-40)30-43(55-22-8-10-24-60)50(63)58(45)38-14-12-13-35(27-38)33-57-47-18-15-39(32-42(47)53(52(57)65)34(3)49(69(4,5)54)48(68-53)21-26-62)59-46-20-17-41(67-7-2)29-37(46)31-44(51(59)64)56-23-9-11-25-61/h12-20,27-29,32,34,43-44,48-49,55-56,60-62H,6-11,21-26,30-31,33H2,1-5H3/t34-,43?,44?,48+,49-,53+/m1/s1. The quantitative estimate of drug-likeness (QED) is 0.0328. The first-order chi connectivity index (χ1) is 33.3. The molecule has 0 saturated carbocycles. The van der Waals surface area contributed by atoms with E-state index in [2.05, 4.69) is 10.6 Å². The van der Waals surface area contributed by atoms with Crippen LogP contribution in [0.5, 0.6) is 11.5 Å². The average molecular weight is 966 g/mol. The van der Waals surface area contributed by atoms with E-state index in [4.69, 9.17) is 14.2 Å². The second-order valence-corrected chi connectivity index (χ2v) is 22.9. The summed E-state index contributed by atoms with van der Waals surface area (Å²) in [6, 6.07) is 23.4. The summed E-state index contributed by atoms with van der Waals surface area (Å²) in [6.45, 7) is 11.0. The van der Waals surface area contributed by atoms with Crippen molar-refractivity contribution in [3.05, 3.63) is 101 Å². The Balaban J connectivity index is 1.20. The van der Waals surface area contributed by atoms with E-state index >= 15 is 8.90 Å². The number of fused-ring (bicyclic) bond motifs is 4. The third-order valence-corrected chi connectivity index (χ3v) is 16.6. The van der Waals surface area contributed by atoms with Gasteiger partial charge in [0.2, 0.25) is 20.2 Å². The van der Waals surface area contributed by atoms with E-state index in [1.165, 1.54) is 0 Å². The van der Waals surface area contributed by atoms with Crippen LogP contribution in [0.25, 0.3) is 0 Å². The van der Waals surface area contributed by atoms with Crippen molar-refractivity contribution in [2.24, 2.45) is 5.92 Å². The molecule has 14 nitrogen and oxygen atoms in total. The molecule has 5 N–H and O–H groups in total. The number of amides is 3. The van der Waals surface area contributed by atoms with Gasteiger partial charge in [0, 0.05) is 48.2 Å². The lowest BCUT2D eigenvalue weighted by Gasteiger charge is -2.36. The molecule has 3 amide bonds. The van der Waals surface area contributed by atoms with Crippen molar-refractivity contribution >= 4 is 54.6 Å². The number of carbonyl (C=O) groups excluding carboxylic acids is 3. The van der Waals surface area contributed by atoms with Crippen molar-refractivity contribution in [2.45, 2.75) is 115 Å². The summed E-state index contributed by atoms with van der Waals surface area (Å²) in [5.41, 5.74) is 3.96. The summed E-state index contributed by atoms with van der Waals surface area (Å²) in [4.78, 5) is 49.8. The first-order valence-corrected chi connectivity index (χ1v) is 27.7. The van der Waals surface area contributed by atoms with Crippen molar-refractivity contribution < 1.29 is 48.0 Å². The molecule has 0 aliphatic carbocycles. The van der Waals surface area contributed by atoms with Crippen molar-refractivity contribution in [1.82, 2.24) is 10.6 Å². The van der Waals surface area contributed by atoms with Gasteiger partial charge in [-0.25, -0.2) is 0 Å². The Bertz CT molecular complexity index is 2510. The number of hydrogen-bond donors (Lipinski definition) is 5. The number of ether oxygens (including phenoxy) is 3. The lowest BCUT2D eigenvalue weighted by molar-refractivity contribution is -0.146. The topological polar surface area (TPSA) is 173 Å². The fraction of sp³-hybridized carbons (Fsp3) is 0.491. The number of rotatable bonds is 21. The zero-order chi connectivity index (χ0) is 49.0. The van der Waals surface area contributed by atoms with Gasteiger partial charge in [-0.1, -0.05) is 19.1 Å². The van der Waals surface area contributed by atoms with Crippen LogP contribution in [-0.2, 0) is 44.1 Å². The number of aliphatic hydroxyl groups excluding tert-OH is 3. The van der Waals surface area contributed by atoms with Crippen LogP contribution in [-0.4, -0.2) is 106 Å². The van der Waals surface area contributed by atoms with Gasteiger partial charge in [0.05, 0.1) is 55.0 Å². The number of nitrogens with zero attached hydrogens (tertiary/aromatic N) is 3. The third kappa shape index (κ3) is 9.81. The minimum atomic E-state index is -3.53. The van der Waals surface area contributed by atoms with Crippen LogP contribution < -0.4 is 34.8 Å². The molecule has 6 atom stereocenters. The Hall–Kier alpha value is -5.20. The lowest BCUT2D eigenvalue weighted by atomic mass is 9.82. The van der Waals surface area contributed by atoms with Gasteiger partial charge < -0.3 is 49.2 Å². The average Bonchev–Trinajstić information content (AvgIpc) is 3.75. The molecule has 2 unspecified atom stereocenters. The molecule has 8 rings (SSSR count). The Labute approximate surface area is 405 Å². The van der Waals surface area contributed by atoms with E-state index in [1.807, 2.05) is 99.6 Å². The SMILES string of the molecule is CCOc1ccc2c(c1)CC(NCCCCO)C(=O)N2c1cccc(CN2C(=O)[C@@]3(O[C@@H](CCO)[C@H]([Si](C)(C)F)[C@H]3C)c3cc(N4C(=O)C(NCCCCO)Cc5cc(OCC)ccc54)ccc32)c1. The van der Waals surface area contributed by atoms with Gasteiger partial charge >= 0.3 is 0 Å². The van der Waals surface area contributed by atoms with Crippen LogP contribution in [0.2, 0.25) is 18.6 Å². The van der Waals surface area contributed by atoms with Gasteiger partial charge in [-0.15, -0.1) is 0 Å². The van der Waals surface area contributed by atoms with Crippen molar-refractivity contribution in [2.75, 3.05) is 60.8 Å². The lowest BCUT2D eigenvalue weighted by Crippen LogP contribution is -2.49. The number of carbonyl (C=O) groups is 3. The maximum absolute atomic E-state index is 16.6. The first kappa shape index (κ1) is 50.2. The van der Waals surface area contributed by atoms with Crippen molar-refractivity contribution in [3.63, 3.8) is 0 Å². The summed E-state index contributed by atoms with van der Waals surface area (Å²) >= 11 is 0. The summed E-state index contributed by atoms with van der Waals surface area (Å²) in [7, 11) is -3.53. The molecule has 4 heterocycles. The fourth-order valence-corrected chi connectivity index (χ4v) is 13.7. The van der Waals surface area contributed by atoms with Gasteiger partial charge in [-0.05, 0) is 168 Å². The Morgan fingerprint density at radius 2 is 1.28 bits per heavy atom. The maximum Gasteiger partial charge on any atom is 0.264 e. The molecule has 0 bridgehead atoms. The van der Waals surface area contributed by atoms with Crippen LogP contribution in [0.3, 0.4) is 0 Å². The smallest absolute Gasteiger partial charge is 0.264 e. The molecule has 4 aliphatic rings. The number of unbranched alkanes of at least 4 members (excludes halogenated alkanes) is 2. The maximum atomic E-state index is 16.6. The highest BCUT2D eigenvalue weighted by Crippen LogP contribution is 2.61. The van der Waals surface area contributed by atoms with Crippen LogP contribution in [0.15, 0.2) is 78.9 Å². The number of benzene rings is 4. The minimum absolute atomic E-state index is 0.0573. The van der Waals surface area contributed by atoms with E-state index in [0.29, 0.717) is 105 Å². The zero-order valence-corrected chi connectivity index (χ0v) is 41.5. The summed E-state index contributed by atoms with van der Waals surface area (Å²) in [5.74, 6) is 0.0964. The minimum Gasteiger partial charge on any atom is -0.494 e. The van der Waals surface area contributed by atoms with E-state index in [1.54, 1.807) is 27.8 Å². The molecular weight excluding hydrogens is 898 g/mol. The number of anilines is 5. The largest absolute Gasteiger partial charge is 0.494 e. The Morgan fingerprint density at radius 1 is 0.725 bits per heavy atom. The number of halogens is 1. The second-order valence-electron chi connectivity index (χ2n) is 19.1. The van der Waals surface area contributed by atoms with Crippen LogP contribution in [0, 0.1) is 5.92 Å². The first-order valence-electron chi connectivity index (χ1n) is 24.7. The van der Waals surface area contributed by atoms with Gasteiger partial charge in [0.25, 0.3) is 5.91 Å². The molecule has 1 saturated heterocycles. The van der Waals surface area contributed by atoms with Crippen LogP contribution >= 0.6 is 0 Å². The van der Waals surface area contributed by atoms with E-state index in [0.717, 1.165) is 22.4 Å². The second kappa shape index (κ2) is 21.4. The van der Waals surface area contributed by atoms with Crippen molar-refractivity contribution in [3.8, 4) is 11.5 Å². The van der Waals surface area contributed by atoms with Crippen LogP contribution in [0.1, 0.15) is 75.1 Å². The molecule has 69 heavy (non-hydrogen) atoms. The molecule has 1 fully saturated rings. The van der Waals surface area contributed by atoms with E-state index < -0.39 is 43.7 Å². The third-order valence-electron chi connectivity index (χ3n) is 14.2. The summed E-state index contributed by atoms with van der Waals surface area (Å²) < 4.78 is 35.3. The highest BCUT2D eigenvalue weighted by atomic mass is 28.4. The van der Waals surface area contributed by atoms with Gasteiger partial charge in [0.1, 0.15) is 11.5 Å². The molecular formula is C53H68FN5O9Si. The predicted octanol–water partition coefficient (Wildman–Crippen LogP) is 7.09. The van der Waals surface area contributed by atoms with Crippen molar-refractivity contribution in [1.29, 1.82) is 0 Å². The monoisotopic (exact) mass is 965 g/mol. The molecule has 0 radical (unpaired) electrons. The van der Waals surface area contributed by atoms with E-state index in [-0.39, 0.29) is 50.5 Å². The molecule has 370 valence electrons. The Morgan fingerprint density at radius 3 is 1.80 bits per heavy atom. The van der Waals surface area contributed by atoms with Crippen LogP contribution in [0.4, 0.5) is 32.5 Å². The van der Waals surface area contributed by atoms with Gasteiger partial charge in [-0.2, -0.15) is 0 Å². The van der Waals surface area contributed by atoms with Gasteiger partial charge in [-0.3, -0.25) is 24.2 Å². The molecule has 0 aromatic heterocycles. The molecule has 4 aromatic rings. The number of nitrogens with one attached hydrogen (secondary N) is 2. The molecule has 4 aliphatic heterocycles. The number of aliphatic hydroxyl groups is 3. The zero-order valence-electron chi connectivity index (χ0n) is 40.5. The molecule has 4 aromatic carbocycles. The predicted molar refractivity (Wildman–Crippen MR) is 267 cm³/mol. The fourth-order valence-electron chi connectivity index (χ4n) is 11.1. The number of hydrogen-bond acceptors (Lipinski definition) is 11. The van der Waals surface area contributed by atoms with E-state index in [9.17, 15) is 24.9 Å². The summed E-state index contributed by atoms with van der Waals surface area (Å²) in [6.07, 6.45) is 2.94. The Kier molecular flexibility index (Phi) is 15.6. The summed E-state index contributed by atoms with van der Waals surface area (Å²) in [5, 5.41) is 35.9. The normalized spacial score (nSPS) is 23.2. The molecule has 1 spiro atoms. The highest BCUT2D eigenvalue weighted by molar-refractivity contribution is 6.72. The highest BCUT2D eigenvalue weighted by Gasteiger charge is 2.66. The van der Waals surface area contributed by atoms with Gasteiger partial charge in [0.15, 0.2) is 5.60 Å². The molecule has 16 heteroatoms.